The quantitative estimate of drug-likeness (QED) is 0.497. The maximum Gasteiger partial charge on any atom is 0.326 e. The number of hydrogen-bond donors (Lipinski definition) is 4. The molecule has 0 heterocycles. The first-order valence-corrected chi connectivity index (χ1v) is 5.98. The second-order valence-corrected chi connectivity index (χ2v) is 4.03. The minimum absolute atomic E-state index is 0.00980. The van der Waals surface area contributed by atoms with Gasteiger partial charge in [0.2, 0.25) is 5.91 Å². The van der Waals surface area contributed by atoms with Gasteiger partial charge in [0.05, 0.1) is 0 Å². The van der Waals surface area contributed by atoms with Crippen LogP contribution in [0.4, 0.5) is 4.79 Å². The summed E-state index contributed by atoms with van der Waals surface area (Å²) in [6, 6.07) is -1.64. The Kier molecular flexibility index (Phi) is 7.50. The van der Waals surface area contributed by atoms with Gasteiger partial charge in [-0.2, -0.15) is 0 Å². The Labute approximate surface area is 106 Å². The summed E-state index contributed by atoms with van der Waals surface area (Å²) < 4.78 is 0. The fourth-order valence-corrected chi connectivity index (χ4v) is 1.42. The summed E-state index contributed by atoms with van der Waals surface area (Å²) >= 11 is 0. The zero-order valence-corrected chi connectivity index (χ0v) is 10.7. The van der Waals surface area contributed by atoms with Gasteiger partial charge in [-0.3, -0.25) is 4.79 Å². The second kappa shape index (κ2) is 8.32. The molecule has 3 amide bonds. The Hall–Kier alpha value is -1.79. The minimum Gasteiger partial charge on any atom is -0.480 e. The summed E-state index contributed by atoms with van der Waals surface area (Å²) in [6.45, 7) is 3.85. The lowest BCUT2D eigenvalue weighted by molar-refractivity contribution is -0.139. The van der Waals surface area contributed by atoms with Gasteiger partial charge in [0.25, 0.3) is 0 Å². The van der Waals surface area contributed by atoms with Crippen molar-refractivity contribution in [3.63, 3.8) is 0 Å². The van der Waals surface area contributed by atoms with Gasteiger partial charge in [0.1, 0.15) is 6.04 Å². The van der Waals surface area contributed by atoms with Crippen molar-refractivity contribution in [1.82, 2.24) is 10.6 Å². The van der Waals surface area contributed by atoms with E-state index in [1.54, 1.807) is 0 Å². The van der Waals surface area contributed by atoms with Gasteiger partial charge >= 0.3 is 12.0 Å². The number of nitrogens with two attached hydrogens (primary N) is 1. The molecule has 1 atom stereocenters. The molecule has 0 aromatic carbocycles. The minimum atomic E-state index is -1.18. The first-order chi connectivity index (χ1) is 8.40. The van der Waals surface area contributed by atoms with Crippen LogP contribution in [-0.2, 0) is 9.59 Å². The Balaban J connectivity index is 4.27. The molecule has 0 aliphatic carbocycles. The Morgan fingerprint density at radius 1 is 1.17 bits per heavy atom. The van der Waals surface area contributed by atoms with E-state index in [0.29, 0.717) is 0 Å². The van der Waals surface area contributed by atoms with E-state index >= 15 is 0 Å². The van der Waals surface area contributed by atoms with Crippen LogP contribution < -0.4 is 16.4 Å². The van der Waals surface area contributed by atoms with E-state index in [4.69, 9.17) is 10.8 Å². The zero-order chi connectivity index (χ0) is 14.1. The molecule has 0 radical (unpaired) electrons. The van der Waals surface area contributed by atoms with Gasteiger partial charge in [-0.15, -0.1) is 0 Å². The van der Waals surface area contributed by atoms with Crippen molar-refractivity contribution in [2.24, 2.45) is 5.73 Å². The molecule has 104 valence electrons. The average molecular weight is 259 g/mol. The number of carboxylic acids is 1. The number of nitrogens with one attached hydrogen (secondary N) is 2. The summed E-state index contributed by atoms with van der Waals surface area (Å²) in [7, 11) is 0. The third-order valence-electron chi connectivity index (χ3n) is 2.60. The van der Waals surface area contributed by atoms with Gasteiger partial charge in [-0.05, 0) is 19.3 Å². The molecule has 0 aromatic rings. The van der Waals surface area contributed by atoms with Crippen LogP contribution in [0.1, 0.15) is 39.5 Å². The SMILES string of the molecule is CCC(CC)NC(=O)N[C@H](CCC(N)=O)C(=O)O. The lowest BCUT2D eigenvalue weighted by atomic mass is 10.1. The number of primary amides is 1. The number of carbonyl (C=O) groups excluding carboxylic acids is 2. The third kappa shape index (κ3) is 6.72. The van der Waals surface area contributed by atoms with E-state index < -0.39 is 23.9 Å². The molecule has 0 saturated heterocycles. The predicted molar refractivity (Wildman–Crippen MR) is 65.9 cm³/mol. The van der Waals surface area contributed by atoms with E-state index in [9.17, 15) is 14.4 Å². The molecule has 18 heavy (non-hydrogen) atoms. The summed E-state index contributed by atoms with van der Waals surface area (Å²) in [5.74, 6) is -1.78. The highest BCUT2D eigenvalue weighted by atomic mass is 16.4. The maximum absolute atomic E-state index is 11.5. The number of urea groups is 1. The van der Waals surface area contributed by atoms with Crippen LogP contribution in [-0.4, -0.2) is 35.1 Å². The third-order valence-corrected chi connectivity index (χ3v) is 2.60. The molecule has 7 heteroatoms. The topological polar surface area (TPSA) is 122 Å². The number of amides is 3. The lowest BCUT2D eigenvalue weighted by Gasteiger charge is -2.18. The summed E-state index contributed by atoms with van der Waals surface area (Å²) in [5.41, 5.74) is 4.94. The molecule has 0 aromatic heterocycles. The molecule has 0 bridgehead atoms. The number of aliphatic carboxylic acids is 1. The fraction of sp³-hybridized carbons (Fsp3) is 0.727. The highest BCUT2D eigenvalue weighted by Crippen LogP contribution is 1.99. The number of carboxylic acid groups (broad SMARTS) is 1. The van der Waals surface area contributed by atoms with Gasteiger partial charge in [0, 0.05) is 12.5 Å². The van der Waals surface area contributed by atoms with E-state index in [1.807, 2.05) is 13.8 Å². The molecule has 0 saturated carbocycles. The van der Waals surface area contributed by atoms with Crippen molar-refractivity contribution in [3.8, 4) is 0 Å². The highest BCUT2D eigenvalue weighted by molar-refractivity contribution is 5.83. The van der Waals surface area contributed by atoms with Gasteiger partial charge in [-0.25, -0.2) is 9.59 Å². The van der Waals surface area contributed by atoms with Crippen LogP contribution >= 0.6 is 0 Å². The fourth-order valence-electron chi connectivity index (χ4n) is 1.42. The summed E-state index contributed by atoms with van der Waals surface area (Å²) in [4.78, 5) is 33.0. The van der Waals surface area contributed by atoms with Crippen LogP contribution in [0.3, 0.4) is 0 Å². The molecule has 0 aliphatic rings. The van der Waals surface area contributed by atoms with Crippen LogP contribution in [0, 0.1) is 0 Å². The first-order valence-electron chi connectivity index (χ1n) is 5.98. The smallest absolute Gasteiger partial charge is 0.326 e. The first kappa shape index (κ1) is 16.2. The van der Waals surface area contributed by atoms with Gasteiger partial charge in [-0.1, -0.05) is 13.8 Å². The molecule has 0 rings (SSSR count). The molecule has 0 spiro atoms. The summed E-state index contributed by atoms with van der Waals surface area (Å²) in [5, 5.41) is 13.9. The number of hydrogen-bond acceptors (Lipinski definition) is 3. The van der Waals surface area contributed by atoms with E-state index in [1.165, 1.54) is 0 Å². The molecular weight excluding hydrogens is 238 g/mol. The normalized spacial score (nSPS) is 11.9. The molecular formula is C11H21N3O4. The maximum atomic E-state index is 11.5. The largest absolute Gasteiger partial charge is 0.480 e. The monoisotopic (exact) mass is 259 g/mol. The Morgan fingerprint density at radius 2 is 1.72 bits per heavy atom. The highest BCUT2D eigenvalue weighted by Gasteiger charge is 2.21. The lowest BCUT2D eigenvalue weighted by Crippen LogP contribution is -2.49. The van der Waals surface area contributed by atoms with Crippen molar-refractivity contribution in [3.05, 3.63) is 0 Å². The van der Waals surface area contributed by atoms with Gasteiger partial charge < -0.3 is 21.5 Å². The molecule has 5 N–H and O–H groups in total. The summed E-state index contributed by atoms with van der Waals surface area (Å²) in [6.07, 6.45) is 1.44. The van der Waals surface area contributed by atoms with E-state index in [0.717, 1.165) is 12.8 Å². The molecule has 0 unspecified atom stereocenters. The zero-order valence-electron chi connectivity index (χ0n) is 10.7. The average Bonchev–Trinajstić information content (AvgIpc) is 2.30. The molecule has 0 aliphatic heterocycles. The standard InChI is InChI=1S/C11H21N3O4/c1-3-7(4-2)13-11(18)14-8(10(16)17)5-6-9(12)15/h7-8H,3-6H2,1-2H3,(H2,12,15)(H,16,17)(H2,13,14,18)/t8-/m1/s1. The van der Waals surface area contributed by atoms with Crippen molar-refractivity contribution < 1.29 is 19.5 Å². The number of rotatable bonds is 8. The van der Waals surface area contributed by atoms with Crippen LogP contribution in [0.15, 0.2) is 0 Å². The van der Waals surface area contributed by atoms with Crippen LogP contribution in [0.5, 0.6) is 0 Å². The van der Waals surface area contributed by atoms with Crippen LogP contribution in [0.25, 0.3) is 0 Å². The predicted octanol–water partition coefficient (Wildman–Crippen LogP) is 0.193. The van der Waals surface area contributed by atoms with Crippen LogP contribution in [0.2, 0.25) is 0 Å². The molecule has 7 nitrogen and oxygen atoms in total. The van der Waals surface area contributed by atoms with Crippen molar-refractivity contribution in [2.45, 2.75) is 51.6 Å². The Bertz CT molecular complexity index is 303. The Morgan fingerprint density at radius 3 is 2.11 bits per heavy atom. The van der Waals surface area contributed by atoms with Crippen molar-refractivity contribution in [2.75, 3.05) is 0 Å². The molecule has 0 fully saturated rings. The van der Waals surface area contributed by atoms with Gasteiger partial charge in [0.15, 0.2) is 0 Å². The number of carbonyl (C=O) groups is 3. The van der Waals surface area contributed by atoms with Crippen molar-refractivity contribution in [1.29, 1.82) is 0 Å². The van der Waals surface area contributed by atoms with Crippen molar-refractivity contribution >= 4 is 17.9 Å². The van der Waals surface area contributed by atoms with E-state index in [-0.39, 0.29) is 18.9 Å². The second-order valence-electron chi connectivity index (χ2n) is 4.03. The van der Waals surface area contributed by atoms with E-state index in [2.05, 4.69) is 10.6 Å².